The van der Waals surface area contributed by atoms with Crippen LogP contribution in [0, 0.1) is 17.2 Å². The van der Waals surface area contributed by atoms with Gasteiger partial charge in [-0.05, 0) is 88.2 Å². The van der Waals surface area contributed by atoms with E-state index in [1.807, 2.05) is 24.3 Å². The van der Waals surface area contributed by atoms with Crippen LogP contribution < -0.4 is 26.0 Å². The number of aromatic nitrogens is 6. The van der Waals surface area contributed by atoms with Crippen LogP contribution in [0.2, 0.25) is 0 Å². The number of anilines is 2. The topological polar surface area (TPSA) is 177 Å². The van der Waals surface area contributed by atoms with E-state index in [4.69, 9.17) is 9.84 Å². The molecule has 9 rings (SSSR count). The molecule has 4 aromatic heterocycles. The van der Waals surface area contributed by atoms with Crippen LogP contribution in [0.1, 0.15) is 69.0 Å². The SMILES string of the molecule is COc1cc2nn([C@H]3CC[C@H](CN(C)C4CCN(c5cccc6c5n(C)c(=O)n6C5CCC(=O)NC5=O)CC4)CC3)cc2cc1NC(=O)n1ccc2cc(C#N)cnc21. The number of imidazole rings is 1. The Balaban J connectivity index is 0.806. The number of rotatable bonds is 8. The van der Waals surface area contributed by atoms with E-state index in [0.717, 1.165) is 80.3 Å². The van der Waals surface area contributed by atoms with Gasteiger partial charge in [0.05, 0.1) is 46.6 Å². The highest BCUT2D eigenvalue weighted by molar-refractivity contribution is 6.01. The molecule has 3 aliphatic rings. The van der Waals surface area contributed by atoms with Crippen molar-refractivity contribution in [1.82, 2.24) is 38.7 Å². The van der Waals surface area contributed by atoms with Crippen molar-refractivity contribution in [2.24, 2.45) is 13.0 Å². The first kappa shape index (κ1) is 38.1. The van der Waals surface area contributed by atoms with Crippen molar-refractivity contribution < 1.29 is 19.1 Å². The maximum atomic E-state index is 13.5. The van der Waals surface area contributed by atoms with Crippen LogP contribution >= 0.6 is 0 Å². The zero-order chi connectivity index (χ0) is 40.9. The van der Waals surface area contributed by atoms with Crippen molar-refractivity contribution in [3.63, 3.8) is 0 Å². The second-order valence-corrected chi connectivity index (χ2v) is 16.2. The summed E-state index contributed by atoms with van der Waals surface area (Å²) in [5.74, 6) is 0.386. The number of carbonyl (C=O) groups is 3. The smallest absolute Gasteiger partial charge is 0.331 e. The van der Waals surface area contributed by atoms with Gasteiger partial charge in [0.25, 0.3) is 0 Å². The summed E-state index contributed by atoms with van der Waals surface area (Å²) >= 11 is 0. The maximum absolute atomic E-state index is 13.5. The number of pyridine rings is 1. The summed E-state index contributed by atoms with van der Waals surface area (Å²) in [7, 11) is 5.58. The van der Waals surface area contributed by atoms with Crippen LogP contribution in [-0.2, 0) is 16.6 Å². The van der Waals surface area contributed by atoms with E-state index in [9.17, 15) is 24.4 Å². The molecule has 16 nitrogen and oxygen atoms in total. The number of methoxy groups -OCH3 is 1. The third kappa shape index (κ3) is 6.98. The van der Waals surface area contributed by atoms with E-state index in [0.29, 0.717) is 51.9 Å². The number of nitriles is 1. The van der Waals surface area contributed by atoms with Gasteiger partial charge in [0, 0.05) is 74.6 Å². The lowest BCUT2D eigenvalue weighted by molar-refractivity contribution is -0.135. The van der Waals surface area contributed by atoms with Gasteiger partial charge in [0.1, 0.15) is 23.5 Å². The summed E-state index contributed by atoms with van der Waals surface area (Å²) in [4.78, 5) is 60.6. The average molecular weight is 798 g/mol. The Labute approximate surface area is 339 Å². The zero-order valence-electron chi connectivity index (χ0n) is 33.4. The number of nitrogens with one attached hydrogen (secondary N) is 2. The fourth-order valence-corrected chi connectivity index (χ4v) is 9.55. The Morgan fingerprint density at radius 2 is 1.83 bits per heavy atom. The maximum Gasteiger partial charge on any atom is 0.331 e. The van der Waals surface area contributed by atoms with Crippen molar-refractivity contribution in [2.75, 3.05) is 44.0 Å². The molecule has 2 aliphatic heterocycles. The lowest BCUT2D eigenvalue weighted by Gasteiger charge is -2.40. The van der Waals surface area contributed by atoms with Crippen molar-refractivity contribution in [3.05, 3.63) is 77.1 Å². The fourth-order valence-electron chi connectivity index (χ4n) is 9.55. The summed E-state index contributed by atoms with van der Waals surface area (Å²) in [6.07, 6.45) is 12.0. The largest absolute Gasteiger partial charge is 0.494 e. The van der Waals surface area contributed by atoms with Crippen LogP contribution in [-0.4, -0.2) is 91.0 Å². The van der Waals surface area contributed by atoms with Gasteiger partial charge in [-0.2, -0.15) is 10.4 Å². The number of benzene rings is 2. The molecule has 0 spiro atoms. The zero-order valence-corrected chi connectivity index (χ0v) is 33.4. The summed E-state index contributed by atoms with van der Waals surface area (Å²) in [6, 6.07) is 14.9. The van der Waals surface area contributed by atoms with Crippen LogP contribution in [0.4, 0.5) is 16.2 Å². The fraction of sp³-hybridized carbons (Fsp3) is 0.419. The number of carbonyl (C=O) groups excluding carboxylic acids is 3. The first-order chi connectivity index (χ1) is 28.6. The second kappa shape index (κ2) is 15.4. The summed E-state index contributed by atoms with van der Waals surface area (Å²) in [5.41, 5.74) is 4.51. The number of para-hydroxylation sites is 1. The molecule has 3 amide bonds. The summed E-state index contributed by atoms with van der Waals surface area (Å²) < 4.78 is 12.4. The molecule has 16 heteroatoms. The summed E-state index contributed by atoms with van der Waals surface area (Å²) in [5, 5.41) is 21.1. The second-order valence-electron chi connectivity index (χ2n) is 16.2. The van der Waals surface area contributed by atoms with E-state index in [2.05, 4.69) is 55.5 Å². The van der Waals surface area contributed by atoms with Crippen LogP contribution in [0.15, 0.2) is 65.8 Å². The van der Waals surface area contributed by atoms with Crippen molar-refractivity contribution in [1.29, 1.82) is 5.26 Å². The Bertz CT molecular complexity index is 2720. The highest BCUT2D eigenvalue weighted by atomic mass is 16.5. The molecule has 1 atom stereocenters. The number of piperidine rings is 2. The Morgan fingerprint density at radius 1 is 1.03 bits per heavy atom. The highest BCUT2D eigenvalue weighted by Gasteiger charge is 2.33. The Hall–Kier alpha value is -6.47. The molecule has 2 aromatic carbocycles. The molecule has 1 saturated carbocycles. The number of amides is 3. The molecule has 3 fully saturated rings. The van der Waals surface area contributed by atoms with Gasteiger partial charge in [-0.25, -0.2) is 14.6 Å². The van der Waals surface area contributed by atoms with Gasteiger partial charge < -0.3 is 19.9 Å². The molecule has 1 unspecified atom stereocenters. The third-order valence-electron chi connectivity index (χ3n) is 12.7. The summed E-state index contributed by atoms with van der Waals surface area (Å²) in [6.45, 7) is 2.78. The number of nitrogens with zero attached hydrogens (tertiary/aromatic N) is 9. The molecule has 59 heavy (non-hydrogen) atoms. The standard InChI is InChI=1S/C43H47N11O5/c1-49(30-14-16-51(17-15-30)34-5-4-6-35-39(34)50(2)43(58)54(35)36-11-12-38(55)47-41(36)56)24-26-7-9-31(10-8-26)53-25-29-20-33(37(59-3)21-32(29)48-53)46-42(57)52-18-13-28-19-27(22-44)23-45-40(28)52/h4-6,13,18-21,23,25-26,30-31,36H,7-12,14-17,24H2,1-3H3,(H,46,57)(H,47,55,56)/t26-,31-,36?. The molecule has 6 heterocycles. The number of hydrogen-bond donors (Lipinski definition) is 2. The van der Waals surface area contributed by atoms with Gasteiger partial charge in [0.2, 0.25) is 11.8 Å². The molecule has 6 aromatic rings. The monoisotopic (exact) mass is 797 g/mol. The van der Waals surface area contributed by atoms with Crippen LogP contribution in [0.25, 0.3) is 33.0 Å². The first-order valence-corrected chi connectivity index (χ1v) is 20.3. The van der Waals surface area contributed by atoms with Crippen LogP contribution in [0.3, 0.4) is 0 Å². The van der Waals surface area contributed by atoms with E-state index in [1.54, 1.807) is 41.6 Å². The van der Waals surface area contributed by atoms with Gasteiger partial charge in [-0.1, -0.05) is 6.07 Å². The molecular weight excluding hydrogens is 751 g/mol. The van der Waals surface area contributed by atoms with Gasteiger partial charge >= 0.3 is 11.7 Å². The Morgan fingerprint density at radius 3 is 2.58 bits per heavy atom. The van der Waals surface area contributed by atoms with Crippen molar-refractivity contribution >= 4 is 62.2 Å². The highest BCUT2D eigenvalue weighted by Crippen LogP contribution is 2.37. The van der Waals surface area contributed by atoms with Crippen LogP contribution in [0.5, 0.6) is 5.75 Å². The normalized spacial score (nSPS) is 20.4. The van der Waals surface area contributed by atoms with E-state index in [1.165, 1.54) is 10.8 Å². The van der Waals surface area contributed by atoms with Gasteiger partial charge in [-0.15, -0.1) is 0 Å². The average Bonchev–Trinajstić information content (AvgIpc) is 3.94. The molecule has 304 valence electrons. The van der Waals surface area contributed by atoms with Crippen molar-refractivity contribution in [2.45, 2.75) is 69.5 Å². The minimum atomic E-state index is -0.704. The number of hydrogen-bond acceptors (Lipinski definition) is 10. The molecule has 1 aliphatic carbocycles. The van der Waals surface area contributed by atoms with E-state index >= 15 is 0 Å². The molecular formula is C43H47N11O5. The lowest BCUT2D eigenvalue weighted by atomic mass is 9.85. The number of aryl methyl sites for hydroxylation is 1. The quantitative estimate of drug-likeness (QED) is 0.192. The lowest BCUT2D eigenvalue weighted by Crippen LogP contribution is -2.45. The van der Waals surface area contributed by atoms with Gasteiger partial charge in [-0.3, -0.25) is 33.3 Å². The third-order valence-corrected chi connectivity index (χ3v) is 12.7. The minimum Gasteiger partial charge on any atom is -0.494 e. The first-order valence-electron chi connectivity index (χ1n) is 20.3. The molecule has 2 N–H and O–H groups in total. The molecule has 0 radical (unpaired) electrons. The molecule has 0 bridgehead atoms. The number of fused-ring (bicyclic) bond motifs is 3. The Kier molecular flexibility index (Phi) is 9.92. The van der Waals surface area contributed by atoms with E-state index in [-0.39, 0.29) is 30.1 Å². The van der Waals surface area contributed by atoms with Crippen molar-refractivity contribution in [3.8, 4) is 11.8 Å². The van der Waals surface area contributed by atoms with Gasteiger partial charge in [0.15, 0.2) is 0 Å². The minimum absolute atomic E-state index is 0.213. The predicted octanol–water partition coefficient (Wildman–Crippen LogP) is 5.31. The molecule has 2 saturated heterocycles. The number of ether oxygens (including phenoxy) is 1. The number of imide groups is 1. The predicted molar refractivity (Wildman–Crippen MR) is 223 cm³/mol. The van der Waals surface area contributed by atoms with E-state index < -0.39 is 11.9 Å².